The molecule has 0 aliphatic carbocycles. The molecule has 0 bridgehead atoms. The van der Waals surface area contributed by atoms with Crippen molar-refractivity contribution < 1.29 is 4.74 Å². The summed E-state index contributed by atoms with van der Waals surface area (Å²) in [6.07, 6.45) is 6.71. The van der Waals surface area contributed by atoms with Gasteiger partial charge in [0.15, 0.2) is 0 Å². The molecule has 2 unspecified atom stereocenters. The first kappa shape index (κ1) is 16.9. The van der Waals surface area contributed by atoms with Crippen LogP contribution >= 0.6 is 11.8 Å². The van der Waals surface area contributed by atoms with Gasteiger partial charge in [-0.2, -0.15) is 0 Å². The second kappa shape index (κ2) is 9.50. The molecule has 0 aromatic heterocycles. The van der Waals surface area contributed by atoms with Crippen LogP contribution in [-0.2, 0) is 4.74 Å². The lowest BCUT2D eigenvalue weighted by atomic mass is 10.1. The molecule has 2 atom stereocenters. The van der Waals surface area contributed by atoms with Crippen LogP contribution in [0.25, 0.3) is 0 Å². The molecule has 1 aliphatic heterocycles. The van der Waals surface area contributed by atoms with Crippen molar-refractivity contribution in [3.63, 3.8) is 0 Å². The minimum atomic E-state index is 0.442. The second-order valence-electron chi connectivity index (χ2n) is 5.87. The first-order chi connectivity index (χ1) is 10.3. The van der Waals surface area contributed by atoms with Gasteiger partial charge in [-0.25, -0.2) is 0 Å². The quantitative estimate of drug-likeness (QED) is 0.523. The summed E-state index contributed by atoms with van der Waals surface area (Å²) in [7, 11) is 0. The maximum atomic E-state index is 5.68. The first-order valence-corrected chi connectivity index (χ1v) is 9.36. The number of benzene rings is 1. The van der Waals surface area contributed by atoms with Crippen LogP contribution in [-0.4, -0.2) is 25.0 Å². The summed E-state index contributed by atoms with van der Waals surface area (Å²) in [6, 6.07) is 9.42. The van der Waals surface area contributed by atoms with Crippen molar-refractivity contribution >= 4 is 11.8 Å². The Morgan fingerprint density at radius 2 is 2.33 bits per heavy atom. The minimum Gasteiger partial charge on any atom is -0.378 e. The maximum Gasteiger partial charge on any atom is 0.0576 e. The third-order valence-corrected chi connectivity index (χ3v) is 5.10. The molecule has 1 aromatic carbocycles. The van der Waals surface area contributed by atoms with Gasteiger partial charge in [0, 0.05) is 17.5 Å². The monoisotopic (exact) mass is 307 g/mol. The number of nitrogens with one attached hydrogen (secondary N) is 1. The van der Waals surface area contributed by atoms with Crippen LogP contribution in [0.15, 0.2) is 29.2 Å². The van der Waals surface area contributed by atoms with Gasteiger partial charge in [-0.15, -0.1) is 11.8 Å². The van der Waals surface area contributed by atoms with Crippen molar-refractivity contribution in [3.05, 3.63) is 29.8 Å². The zero-order valence-electron chi connectivity index (χ0n) is 13.4. The van der Waals surface area contributed by atoms with Gasteiger partial charge in [0.2, 0.25) is 0 Å². The lowest BCUT2D eigenvalue weighted by Gasteiger charge is -2.14. The van der Waals surface area contributed by atoms with Gasteiger partial charge in [-0.05, 0) is 69.0 Å². The smallest absolute Gasteiger partial charge is 0.0576 e. The Labute approximate surface area is 134 Å². The van der Waals surface area contributed by atoms with Crippen molar-refractivity contribution in [2.45, 2.75) is 63.0 Å². The van der Waals surface area contributed by atoms with Crippen LogP contribution < -0.4 is 5.32 Å². The number of rotatable bonds is 9. The Kier molecular flexibility index (Phi) is 7.62. The van der Waals surface area contributed by atoms with Crippen molar-refractivity contribution in [1.29, 1.82) is 0 Å². The topological polar surface area (TPSA) is 21.3 Å². The molecular formula is C18H29NOS. The van der Waals surface area contributed by atoms with Crippen LogP contribution in [0.1, 0.15) is 57.6 Å². The van der Waals surface area contributed by atoms with Crippen molar-refractivity contribution in [2.75, 3.05) is 18.9 Å². The molecule has 1 N–H and O–H groups in total. The average Bonchev–Trinajstić information content (AvgIpc) is 3.03. The van der Waals surface area contributed by atoms with E-state index in [1.807, 2.05) is 11.8 Å². The fourth-order valence-corrected chi connectivity index (χ4v) is 3.67. The van der Waals surface area contributed by atoms with Gasteiger partial charge in [0.25, 0.3) is 0 Å². The fourth-order valence-electron chi connectivity index (χ4n) is 2.73. The van der Waals surface area contributed by atoms with Gasteiger partial charge in [0.05, 0.1) is 6.10 Å². The largest absolute Gasteiger partial charge is 0.378 e. The molecular weight excluding hydrogens is 278 g/mol. The molecule has 1 aromatic rings. The number of thioether (sulfide) groups is 1. The summed E-state index contributed by atoms with van der Waals surface area (Å²) in [4.78, 5) is 1.39. The van der Waals surface area contributed by atoms with Crippen LogP contribution in [0.2, 0.25) is 0 Å². The highest BCUT2D eigenvalue weighted by atomic mass is 32.2. The average molecular weight is 308 g/mol. The van der Waals surface area contributed by atoms with E-state index in [2.05, 4.69) is 43.4 Å². The first-order valence-electron chi connectivity index (χ1n) is 8.37. The highest BCUT2D eigenvalue weighted by molar-refractivity contribution is 7.99. The molecule has 2 rings (SSSR count). The highest BCUT2D eigenvalue weighted by Gasteiger charge is 2.14. The molecule has 1 fully saturated rings. The maximum absolute atomic E-state index is 5.68. The predicted octanol–water partition coefficient (Wildman–Crippen LogP) is 4.80. The Balaban J connectivity index is 1.72. The standard InChI is InChI=1S/C18H29NOS/c1-3-11-19-15(2)16-7-4-10-18(14-16)21-13-6-9-17-8-5-12-20-17/h4,7,10,14-15,17,19H,3,5-6,8-9,11-13H2,1-2H3. The summed E-state index contributed by atoms with van der Waals surface area (Å²) in [6.45, 7) is 6.51. The molecule has 1 heterocycles. The third kappa shape index (κ3) is 6.01. The Bertz CT molecular complexity index is 404. The molecule has 1 saturated heterocycles. The lowest BCUT2D eigenvalue weighted by molar-refractivity contribution is 0.104. The van der Waals surface area contributed by atoms with Gasteiger partial charge in [0.1, 0.15) is 0 Å². The summed E-state index contributed by atoms with van der Waals surface area (Å²) in [5, 5.41) is 3.55. The highest BCUT2D eigenvalue weighted by Crippen LogP contribution is 2.25. The number of hydrogen-bond donors (Lipinski definition) is 1. The predicted molar refractivity (Wildman–Crippen MR) is 92.1 cm³/mol. The molecule has 0 amide bonds. The summed E-state index contributed by atoms with van der Waals surface area (Å²) >= 11 is 1.98. The van der Waals surface area contributed by atoms with Crippen molar-refractivity contribution in [3.8, 4) is 0 Å². The summed E-state index contributed by atoms with van der Waals surface area (Å²) in [5.74, 6) is 1.19. The van der Waals surface area contributed by atoms with Gasteiger partial charge >= 0.3 is 0 Å². The van der Waals surface area contributed by atoms with E-state index in [1.165, 1.54) is 48.3 Å². The zero-order valence-corrected chi connectivity index (χ0v) is 14.3. The van der Waals surface area contributed by atoms with Crippen LogP contribution in [0.3, 0.4) is 0 Å². The van der Waals surface area contributed by atoms with Crippen molar-refractivity contribution in [1.82, 2.24) is 5.32 Å². The van der Waals surface area contributed by atoms with Crippen LogP contribution in [0.5, 0.6) is 0 Å². The molecule has 0 radical (unpaired) electrons. The van der Waals surface area contributed by atoms with Crippen LogP contribution in [0.4, 0.5) is 0 Å². The van der Waals surface area contributed by atoms with E-state index in [-0.39, 0.29) is 0 Å². The molecule has 0 spiro atoms. The van der Waals surface area contributed by atoms with Crippen LogP contribution in [0, 0.1) is 0 Å². The van der Waals surface area contributed by atoms with Gasteiger partial charge < -0.3 is 10.1 Å². The fraction of sp³-hybridized carbons (Fsp3) is 0.667. The third-order valence-electron chi connectivity index (χ3n) is 4.02. The Hall–Kier alpha value is -0.510. The number of ether oxygens (including phenoxy) is 1. The van der Waals surface area contributed by atoms with E-state index in [9.17, 15) is 0 Å². The Morgan fingerprint density at radius 3 is 3.10 bits per heavy atom. The molecule has 0 saturated carbocycles. The SMILES string of the molecule is CCCNC(C)c1cccc(SCCCC2CCCO2)c1. The molecule has 118 valence electrons. The summed E-state index contributed by atoms with van der Waals surface area (Å²) < 4.78 is 5.68. The van der Waals surface area contributed by atoms with E-state index in [0.29, 0.717) is 12.1 Å². The van der Waals surface area contributed by atoms with E-state index >= 15 is 0 Å². The molecule has 2 nitrogen and oxygen atoms in total. The van der Waals surface area contributed by atoms with Gasteiger partial charge in [-0.3, -0.25) is 0 Å². The number of hydrogen-bond acceptors (Lipinski definition) is 3. The molecule has 21 heavy (non-hydrogen) atoms. The van der Waals surface area contributed by atoms with E-state index in [4.69, 9.17) is 4.74 Å². The second-order valence-corrected chi connectivity index (χ2v) is 7.04. The Morgan fingerprint density at radius 1 is 1.43 bits per heavy atom. The lowest BCUT2D eigenvalue weighted by Crippen LogP contribution is -2.19. The van der Waals surface area contributed by atoms with E-state index < -0.39 is 0 Å². The van der Waals surface area contributed by atoms with E-state index in [1.54, 1.807) is 0 Å². The minimum absolute atomic E-state index is 0.442. The normalized spacial score (nSPS) is 19.8. The molecule has 1 aliphatic rings. The van der Waals surface area contributed by atoms with Gasteiger partial charge in [-0.1, -0.05) is 19.1 Å². The summed E-state index contributed by atoms with van der Waals surface area (Å²) in [5.41, 5.74) is 1.40. The molecule has 3 heteroatoms. The van der Waals surface area contributed by atoms with E-state index in [0.717, 1.165) is 13.2 Å². The zero-order chi connectivity index (χ0) is 14.9. The van der Waals surface area contributed by atoms with Crippen molar-refractivity contribution in [2.24, 2.45) is 0 Å².